The third-order valence-corrected chi connectivity index (χ3v) is 5.63. The summed E-state index contributed by atoms with van der Waals surface area (Å²) in [6.07, 6.45) is 3.00. The number of hydrogen-bond donors (Lipinski definition) is 2. The van der Waals surface area contributed by atoms with Gasteiger partial charge in [0, 0.05) is 38.3 Å². The highest BCUT2D eigenvalue weighted by molar-refractivity contribution is 7.87. The van der Waals surface area contributed by atoms with Crippen LogP contribution in [0.4, 0.5) is 0 Å². The number of nitrogens with zero attached hydrogens (tertiary/aromatic N) is 2. The summed E-state index contributed by atoms with van der Waals surface area (Å²) in [5.41, 5.74) is 0. The topological polar surface area (TPSA) is 64.7 Å². The third-order valence-electron chi connectivity index (χ3n) is 3.96. The number of piperidine rings is 1. The molecule has 1 aliphatic heterocycles. The van der Waals surface area contributed by atoms with E-state index in [-0.39, 0.29) is 6.04 Å². The van der Waals surface area contributed by atoms with Gasteiger partial charge in [-0.2, -0.15) is 12.7 Å². The molecule has 0 saturated carbocycles. The van der Waals surface area contributed by atoms with Gasteiger partial charge in [-0.05, 0) is 26.4 Å². The van der Waals surface area contributed by atoms with Gasteiger partial charge in [0.1, 0.15) is 0 Å². The SMILES string of the molecule is CCN(C)CCNS(=O)(=O)N1CCCCC1CNC(C)C. The van der Waals surface area contributed by atoms with Crippen molar-refractivity contribution in [1.82, 2.24) is 19.2 Å². The van der Waals surface area contributed by atoms with Crippen LogP contribution in [0.2, 0.25) is 0 Å². The van der Waals surface area contributed by atoms with E-state index in [2.05, 4.69) is 35.7 Å². The Morgan fingerprint density at radius 1 is 1.33 bits per heavy atom. The summed E-state index contributed by atoms with van der Waals surface area (Å²) in [4.78, 5) is 2.09. The first-order valence-corrected chi connectivity index (χ1v) is 9.49. The quantitative estimate of drug-likeness (QED) is 0.654. The molecule has 2 N–H and O–H groups in total. The van der Waals surface area contributed by atoms with Crippen molar-refractivity contribution in [2.75, 3.05) is 39.8 Å². The molecule has 7 heteroatoms. The summed E-state index contributed by atoms with van der Waals surface area (Å²) in [7, 11) is -1.38. The molecule has 0 aromatic heterocycles. The van der Waals surface area contributed by atoms with Crippen LogP contribution in [0.1, 0.15) is 40.0 Å². The number of nitrogens with one attached hydrogen (secondary N) is 2. The van der Waals surface area contributed by atoms with Crippen molar-refractivity contribution in [2.24, 2.45) is 0 Å². The van der Waals surface area contributed by atoms with E-state index in [0.717, 1.165) is 38.9 Å². The Labute approximate surface area is 130 Å². The van der Waals surface area contributed by atoms with Gasteiger partial charge in [0.15, 0.2) is 0 Å². The maximum Gasteiger partial charge on any atom is 0.279 e. The molecule has 1 unspecified atom stereocenters. The zero-order valence-electron chi connectivity index (χ0n) is 13.9. The smallest absolute Gasteiger partial charge is 0.279 e. The molecule has 0 spiro atoms. The van der Waals surface area contributed by atoms with Gasteiger partial charge in [0.2, 0.25) is 0 Å². The van der Waals surface area contributed by atoms with Gasteiger partial charge in [-0.25, -0.2) is 4.72 Å². The molecular weight excluding hydrogens is 288 g/mol. The van der Waals surface area contributed by atoms with Crippen LogP contribution in [0.15, 0.2) is 0 Å². The predicted octanol–water partition coefficient (Wildman–Crippen LogP) is 0.625. The number of rotatable bonds is 9. The molecule has 0 radical (unpaired) electrons. The van der Waals surface area contributed by atoms with Crippen LogP contribution >= 0.6 is 0 Å². The Morgan fingerprint density at radius 3 is 2.67 bits per heavy atom. The molecule has 6 nitrogen and oxygen atoms in total. The van der Waals surface area contributed by atoms with E-state index in [1.165, 1.54) is 0 Å². The second-order valence-electron chi connectivity index (χ2n) is 6.12. The van der Waals surface area contributed by atoms with E-state index in [1.54, 1.807) is 4.31 Å². The third kappa shape index (κ3) is 6.61. The van der Waals surface area contributed by atoms with Crippen molar-refractivity contribution in [2.45, 2.75) is 52.1 Å². The molecule has 0 aliphatic carbocycles. The minimum atomic E-state index is -3.37. The minimum absolute atomic E-state index is 0.0718. The zero-order valence-corrected chi connectivity index (χ0v) is 14.7. The van der Waals surface area contributed by atoms with E-state index < -0.39 is 10.2 Å². The van der Waals surface area contributed by atoms with E-state index >= 15 is 0 Å². The molecule has 126 valence electrons. The van der Waals surface area contributed by atoms with Crippen LogP contribution in [0.5, 0.6) is 0 Å². The molecule has 1 heterocycles. The highest BCUT2D eigenvalue weighted by Gasteiger charge is 2.31. The first-order valence-electron chi connectivity index (χ1n) is 8.05. The standard InChI is InChI=1S/C14H32N4O2S/c1-5-17(4)11-9-16-21(19,20)18-10-7-6-8-14(18)12-15-13(2)3/h13-16H,5-12H2,1-4H3. The molecule has 1 saturated heterocycles. The van der Waals surface area contributed by atoms with Crippen LogP contribution in [-0.4, -0.2) is 69.5 Å². The van der Waals surface area contributed by atoms with Gasteiger partial charge < -0.3 is 10.2 Å². The van der Waals surface area contributed by atoms with Crippen LogP contribution in [0.3, 0.4) is 0 Å². The van der Waals surface area contributed by atoms with E-state index in [0.29, 0.717) is 19.1 Å². The van der Waals surface area contributed by atoms with Crippen molar-refractivity contribution in [3.63, 3.8) is 0 Å². The first-order chi connectivity index (χ1) is 9.86. The lowest BCUT2D eigenvalue weighted by Gasteiger charge is -2.35. The van der Waals surface area contributed by atoms with Crippen molar-refractivity contribution in [3.05, 3.63) is 0 Å². The first kappa shape index (κ1) is 18.8. The maximum absolute atomic E-state index is 12.5. The van der Waals surface area contributed by atoms with Gasteiger partial charge >= 0.3 is 0 Å². The molecule has 21 heavy (non-hydrogen) atoms. The normalized spacial score (nSPS) is 21.3. The molecule has 0 amide bonds. The average molecular weight is 321 g/mol. The Hall–Kier alpha value is -0.210. The lowest BCUT2D eigenvalue weighted by molar-refractivity contribution is 0.238. The average Bonchev–Trinajstić information content (AvgIpc) is 2.45. The molecular formula is C14H32N4O2S. The van der Waals surface area contributed by atoms with Crippen molar-refractivity contribution >= 4 is 10.2 Å². The van der Waals surface area contributed by atoms with Gasteiger partial charge in [0.05, 0.1) is 0 Å². The second-order valence-corrected chi connectivity index (χ2v) is 7.83. The maximum atomic E-state index is 12.5. The Kier molecular flexibility index (Phi) is 8.12. The highest BCUT2D eigenvalue weighted by atomic mass is 32.2. The van der Waals surface area contributed by atoms with Gasteiger partial charge in [-0.1, -0.05) is 27.2 Å². The van der Waals surface area contributed by atoms with Crippen LogP contribution in [-0.2, 0) is 10.2 Å². The van der Waals surface area contributed by atoms with Crippen molar-refractivity contribution < 1.29 is 8.42 Å². The Morgan fingerprint density at radius 2 is 2.05 bits per heavy atom. The molecule has 0 bridgehead atoms. The molecule has 0 aromatic rings. The van der Waals surface area contributed by atoms with Crippen LogP contribution < -0.4 is 10.0 Å². The number of hydrogen-bond acceptors (Lipinski definition) is 4. The lowest BCUT2D eigenvalue weighted by atomic mass is 10.0. The van der Waals surface area contributed by atoms with Crippen LogP contribution in [0, 0.1) is 0 Å². The molecule has 0 aromatic carbocycles. The van der Waals surface area contributed by atoms with Gasteiger partial charge in [-0.3, -0.25) is 0 Å². The summed E-state index contributed by atoms with van der Waals surface area (Å²) >= 11 is 0. The lowest BCUT2D eigenvalue weighted by Crippen LogP contribution is -2.53. The Bertz CT molecular complexity index is 386. The van der Waals surface area contributed by atoms with Crippen LogP contribution in [0.25, 0.3) is 0 Å². The molecule has 1 aliphatic rings. The number of likely N-dealkylation sites (N-methyl/N-ethyl adjacent to an activating group) is 1. The minimum Gasteiger partial charge on any atom is -0.313 e. The van der Waals surface area contributed by atoms with Gasteiger partial charge in [-0.15, -0.1) is 0 Å². The van der Waals surface area contributed by atoms with Gasteiger partial charge in [0.25, 0.3) is 10.2 Å². The fourth-order valence-corrected chi connectivity index (χ4v) is 3.93. The summed E-state index contributed by atoms with van der Waals surface area (Å²) < 4.78 is 29.3. The van der Waals surface area contributed by atoms with E-state index in [4.69, 9.17) is 0 Å². The molecule has 1 atom stereocenters. The monoisotopic (exact) mass is 320 g/mol. The highest BCUT2D eigenvalue weighted by Crippen LogP contribution is 2.19. The molecule has 1 rings (SSSR count). The summed E-state index contributed by atoms with van der Waals surface area (Å²) in [6, 6.07) is 0.449. The van der Waals surface area contributed by atoms with E-state index in [1.807, 2.05) is 7.05 Å². The largest absolute Gasteiger partial charge is 0.313 e. The van der Waals surface area contributed by atoms with Crippen molar-refractivity contribution in [3.8, 4) is 0 Å². The summed E-state index contributed by atoms with van der Waals surface area (Å²) in [6.45, 7) is 9.71. The zero-order chi connectivity index (χ0) is 15.9. The van der Waals surface area contributed by atoms with Crippen molar-refractivity contribution in [1.29, 1.82) is 0 Å². The predicted molar refractivity (Wildman–Crippen MR) is 87.6 cm³/mol. The fourth-order valence-electron chi connectivity index (χ4n) is 2.47. The molecule has 1 fully saturated rings. The second kappa shape index (κ2) is 9.05. The Balaban J connectivity index is 2.55. The summed E-state index contributed by atoms with van der Waals surface area (Å²) in [5, 5.41) is 3.36. The fraction of sp³-hybridized carbons (Fsp3) is 1.00. The summed E-state index contributed by atoms with van der Waals surface area (Å²) in [5.74, 6) is 0. The van der Waals surface area contributed by atoms with E-state index in [9.17, 15) is 8.42 Å².